The number of nitrogens with one attached hydrogen (secondary N) is 1. The number of ether oxygens (including phenoxy) is 1. The minimum Gasteiger partial charge on any atom is -0.446 e. The molecule has 0 radical (unpaired) electrons. The second kappa shape index (κ2) is 15.2. The first-order valence-electron chi connectivity index (χ1n) is 18.2. The maximum Gasteiger partial charge on any atom is 0.472 e. The second-order valence-electron chi connectivity index (χ2n) is 16.9. The zero-order chi connectivity index (χ0) is 33.9. The molecular weight excluding hydrogens is 599 g/mol. The highest BCUT2D eigenvalue weighted by molar-refractivity contribution is 7.47. The molecular formula is C37H66N2O6P+. The van der Waals surface area contributed by atoms with E-state index in [0.29, 0.717) is 40.1 Å². The van der Waals surface area contributed by atoms with Crippen LogP contribution >= 0.6 is 7.82 Å². The monoisotopic (exact) mass is 665 g/mol. The molecule has 4 aliphatic carbocycles. The highest BCUT2D eigenvalue weighted by Gasteiger charge is 2.59. The van der Waals surface area contributed by atoms with E-state index in [0.717, 1.165) is 43.4 Å². The van der Waals surface area contributed by atoms with Crippen LogP contribution in [0.25, 0.3) is 0 Å². The summed E-state index contributed by atoms with van der Waals surface area (Å²) in [4.78, 5) is 22.5. The standard InChI is InChI=1S/C37H65N2O6P/c1-10-28(26(2)3)12-11-27(4)32-15-16-33-31-14-13-29-25-30(17-19-36(29,5)34(31)18-20-37(32,33)6)45-35(40)38-21-23-43-46(41,42)44-24-22-39(7,8)9/h11-13,26-28,30-34H,10,14-25H2,1-9H3,(H-,38,40,41,42)/p+1/t27-,28-,30+,31?,32-,33?,34?,36+,37-/m1/s1. The Kier molecular flexibility index (Phi) is 12.4. The molecule has 0 saturated heterocycles. The third kappa shape index (κ3) is 8.88. The van der Waals surface area contributed by atoms with Gasteiger partial charge in [-0.2, -0.15) is 0 Å². The Bertz CT molecular complexity index is 1150. The van der Waals surface area contributed by atoms with E-state index in [-0.39, 0.29) is 31.3 Å². The molecule has 264 valence electrons. The second-order valence-corrected chi connectivity index (χ2v) is 18.3. The zero-order valence-electron chi connectivity index (χ0n) is 30.4. The summed E-state index contributed by atoms with van der Waals surface area (Å²) in [5.74, 6) is 5.06. The van der Waals surface area contributed by atoms with Crippen molar-refractivity contribution < 1.29 is 32.5 Å². The van der Waals surface area contributed by atoms with Crippen LogP contribution in [-0.4, -0.2) is 69.0 Å². The summed E-state index contributed by atoms with van der Waals surface area (Å²) >= 11 is 0. The van der Waals surface area contributed by atoms with E-state index in [1.54, 1.807) is 0 Å². The van der Waals surface area contributed by atoms with Gasteiger partial charge in [-0.15, -0.1) is 0 Å². The number of quaternary nitrogens is 1. The molecule has 4 unspecified atom stereocenters. The molecule has 0 aromatic heterocycles. The van der Waals surface area contributed by atoms with Crippen molar-refractivity contribution in [1.82, 2.24) is 5.32 Å². The van der Waals surface area contributed by atoms with Crippen LogP contribution in [0.15, 0.2) is 23.8 Å². The van der Waals surface area contributed by atoms with Crippen LogP contribution in [0.5, 0.6) is 0 Å². The summed E-state index contributed by atoms with van der Waals surface area (Å²) in [6.07, 6.45) is 17.4. The lowest BCUT2D eigenvalue weighted by Gasteiger charge is -2.58. The Morgan fingerprint density at radius 2 is 1.78 bits per heavy atom. The van der Waals surface area contributed by atoms with Gasteiger partial charge in [0.1, 0.15) is 19.3 Å². The topological polar surface area (TPSA) is 94.1 Å². The SMILES string of the molecule is CC[C@H](C=C[C@@H](C)[C@H]1CCC2C3CC=C4C[C@@H](OC(=O)NCCOP(=O)(O)OCC[N+](C)(C)C)CC[C@]4(C)C3CC[C@@]21C)C(C)C. The first kappa shape index (κ1) is 37.6. The summed E-state index contributed by atoms with van der Waals surface area (Å²) in [6, 6.07) is 0. The predicted octanol–water partition coefficient (Wildman–Crippen LogP) is 8.37. The quantitative estimate of drug-likeness (QED) is 0.0838. The molecule has 1 amide bonds. The molecule has 10 atom stereocenters. The van der Waals surface area contributed by atoms with Crippen molar-refractivity contribution in [3.05, 3.63) is 23.8 Å². The summed E-state index contributed by atoms with van der Waals surface area (Å²) in [6.45, 7) is 15.2. The number of phosphoric ester groups is 1. The number of allylic oxidation sites excluding steroid dienone is 3. The van der Waals surface area contributed by atoms with Crippen molar-refractivity contribution in [2.75, 3.05) is 47.4 Å². The maximum atomic E-state index is 12.6. The maximum absolute atomic E-state index is 12.6. The summed E-state index contributed by atoms with van der Waals surface area (Å²) in [7, 11) is 1.77. The van der Waals surface area contributed by atoms with Gasteiger partial charge in [0.25, 0.3) is 0 Å². The largest absolute Gasteiger partial charge is 0.472 e. The average molecular weight is 666 g/mol. The number of hydrogen-bond acceptors (Lipinski definition) is 5. The third-order valence-corrected chi connectivity index (χ3v) is 13.7. The molecule has 0 aliphatic heterocycles. The number of fused-ring (bicyclic) bond motifs is 5. The van der Waals surface area contributed by atoms with E-state index >= 15 is 0 Å². The molecule has 9 heteroatoms. The third-order valence-electron chi connectivity index (χ3n) is 12.7. The molecule has 3 fully saturated rings. The molecule has 4 rings (SSSR count). The summed E-state index contributed by atoms with van der Waals surface area (Å²) in [5, 5.41) is 2.67. The Morgan fingerprint density at radius 1 is 1.07 bits per heavy atom. The highest BCUT2D eigenvalue weighted by Crippen LogP contribution is 2.67. The van der Waals surface area contributed by atoms with E-state index in [1.165, 1.54) is 37.7 Å². The van der Waals surface area contributed by atoms with Gasteiger partial charge in [-0.05, 0) is 104 Å². The fourth-order valence-electron chi connectivity index (χ4n) is 9.89. The minimum absolute atomic E-state index is 0.0748. The van der Waals surface area contributed by atoms with Crippen molar-refractivity contribution in [3.63, 3.8) is 0 Å². The number of carbonyl (C=O) groups is 1. The number of phosphoric acid groups is 1. The van der Waals surface area contributed by atoms with Crippen molar-refractivity contribution >= 4 is 13.9 Å². The van der Waals surface area contributed by atoms with Gasteiger partial charge < -0.3 is 19.4 Å². The van der Waals surface area contributed by atoms with Crippen molar-refractivity contribution in [1.29, 1.82) is 0 Å². The van der Waals surface area contributed by atoms with Gasteiger partial charge in [-0.3, -0.25) is 9.05 Å². The number of alkyl carbamates (subject to hydrolysis) is 1. The fraction of sp³-hybridized carbons (Fsp3) is 0.865. The molecule has 3 saturated carbocycles. The first-order valence-corrected chi connectivity index (χ1v) is 19.7. The van der Waals surface area contributed by atoms with E-state index in [1.807, 2.05) is 21.1 Å². The Morgan fingerprint density at radius 3 is 2.46 bits per heavy atom. The number of amides is 1. The highest BCUT2D eigenvalue weighted by atomic mass is 31.2. The Labute approximate surface area is 280 Å². The van der Waals surface area contributed by atoms with Gasteiger partial charge in [0.15, 0.2) is 0 Å². The normalized spacial score (nSPS) is 35.5. The number of hydrogen-bond donors (Lipinski definition) is 2. The number of likely N-dealkylation sites (N-methyl/N-ethyl adjacent to an activating group) is 1. The van der Waals surface area contributed by atoms with E-state index in [9.17, 15) is 14.3 Å². The van der Waals surface area contributed by atoms with E-state index < -0.39 is 13.9 Å². The molecule has 0 heterocycles. The number of nitrogens with zero attached hydrogens (tertiary/aromatic N) is 1. The Balaban J connectivity index is 1.27. The molecule has 46 heavy (non-hydrogen) atoms. The predicted molar refractivity (Wildman–Crippen MR) is 185 cm³/mol. The van der Waals surface area contributed by atoms with Gasteiger partial charge >= 0.3 is 13.9 Å². The van der Waals surface area contributed by atoms with Crippen molar-refractivity contribution in [2.45, 2.75) is 105 Å². The molecule has 4 aliphatic rings. The lowest BCUT2D eigenvalue weighted by molar-refractivity contribution is -0.870. The average Bonchev–Trinajstić information content (AvgIpc) is 3.32. The molecule has 0 aromatic rings. The molecule has 8 nitrogen and oxygen atoms in total. The van der Waals surface area contributed by atoms with Crippen molar-refractivity contribution in [3.8, 4) is 0 Å². The van der Waals surface area contributed by atoms with E-state index in [4.69, 9.17) is 13.8 Å². The van der Waals surface area contributed by atoms with Crippen LogP contribution in [0.3, 0.4) is 0 Å². The van der Waals surface area contributed by atoms with Gasteiger partial charge in [0.2, 0.25) is 0 Å². The Hall–Kier alpha value is -1.18. The molecule has 2 N–H and O–H groups in total. The minimum atomic E-state index is -4.15. The van der Waals surface area contributed by atoms with Gasteiger partial charge in [-0.1, -0.05) is 65.3 Å². The number of rotatable bonds is 14. The van der Waals surface area contributed by atoms with Crippen LogP contribution in [0.4, 0.5) is 4.79 Å². The number of carbonyl (C=O) groups excluding carboxylic acids is 1. The smallest absolute Gasteiger partial charge is 0.446 e. The zero-order valence-corrected chi connectivity index (χ0v) is 31.3. The lowest BCUT2D eigenvalue weighted by atomic mass is 9.47. The summed E-state index contributed by atoms with van der Waals surface area (Å²) in [5.41, 5.74) is 2.11. The molecule has 0 spiro atoms. The summed E-state index contributed by atoms with van der Waals surface area (Å²) < 4.78 is 28.6. The first-order chi connectivity index (χ1) is 21.5. The fourth-order valence-corrected chi connectivity index (χ4v) is 10.6. The van der Waals surface area contributed by atoms with Gasteiger partial charge in [-0.25, -0.2) is 9.36 Å². The van der Waals surface area contributed by atoms with Crippen LogP contribution in [0.2, 0.25) is 0 Å². The van der Waals surface area contributed by atoms with Crippen LogP contribution in [0.1, 0.15) is 99.3 Å². The van der Waals surface area contributed by atoms with Crippen LogP contribution in [0, 0.1) is 52.3 Å². The molecule has 0 aromatic carbocycles. The van der Waals surface area contributed by atoms with Crippen molar-refractivity contribution in [2.24, 2.45) is 52.3 Å². The van der Waals surface area contributed by atoms with Crippen LogP contribution in [-0.2, 0) is 18.3 Å². The van der Waals surface area contributed by atoms with Gasteiger partial charge in [0, 0.05) is 13.0 Å². The molecule has 0 bridgehead atoms. The van der Waals surface area contributed by atoms with E-state index in [2.05, 4.69) is 65.1 Å². The lowest BCUT2D eigenvalue weighted by Crippen LogP contribution is -2.51. The van der Waals surface area contributed by atoms with Crippen LogP contribution < -0.4 is 5.32 Å². The van der Waals surface area contributed by atoms with Gasteiger partial charge in [0.05, 0.1) is 27.7 Å².